The monoisotopic (exact) mass is 277 g/mol. The second kappa shape index (κ2) is 6.93. The summed E-state index contributed by atoms with van der Waals surface area (Å²) in [6, 6.07) is 8.94. The van der Waals surface area contributed by atoms with E-state index in [0.29, 0.717) is 12.3 Å². The van der Waals surface area contributed by atoms with Gasteiger partial charge in [-0.15, -0.1) is 0 Å². The van der Waals surface area contributed by atoms with Crippen LogP contribution in [-0.4, -0.2) is 41.1 Å². The van der Waals surface area contributed by atoms with Crippen LogP contribution in [0, 0.1) is 0 Å². The molecule has 1 unspecified atom stereocenters. The van der Waals surface area contributed by atoms with Crippen LogP contribution in [0.5, 0.6) is 5.75 Å². The summed E-state index contributed by atoms with van der Waals surface area (Å²) in [5.74, 6) is -0.355. The first-order valence-corrected chi connectivity index (χ1v) is 6.86. The lowest BCUT2D eigenvalue weighted by atomic mass is 9.99. The molecule has 2 rings (SSSR count). The molecule has 1 aromatic rings. The number of amides is 1. The highest BCUT2D eigenvalue weighted by molar-refractivity contribution is 5.79. The van der Waals surface area contributed by atoms with Gasteiger partial charge in [-0.2, -0.15) is 0 Å². The lowest BCUT2D eigenvalue weighted by Gasteiger charge is -2.34. The average Bonchev–Trinajstić information content (AvgIpc) is 2.46. The Labute approximate surface area is 118 Å². The molecular formula is C15H19NO4. The largest absolute Gasteiger partial charge is 0.484 e. The van der Waals surface area contributed by atoms with Gasteiger partial charge < -0.3 is 14.7 Å². The minimum atomic E-state index is -0.862. The summed E-state index contributed by atoms with van der Waals surface area (Å²) in [5, 5.41) is 8.90. The first-order valence-electron chi connectivity index (χ1n) is 6.86. The highest BCUT2D eigenvalue weighted by Gasteiger charge is 2.28. The van der Waals surface area contributed by atoms with E-state index in [1.165, 1.54) is 0 Å². The summed E-state index contributed by atoms with van der Waals surface area (Å²) in [6.45, 7) is 0.578. The molecule has 1 atom stereocenters. The van der Waals surface area contributed by atoms with E-state index in [0.717, 1.165) is 19.3 Å². The van der Waals surface area contributed by atoms with Crippen molar-refractivity contribution in [2.24, 2.45) is 0 Å². The maximum absolute atomic E-state index is 12.2. The molecule has 1 N–H and O–H groups in total. The minimum absolute atomic E-state index is 0.0110. The number of hydrogen-bond donors (Lipinski definition) is 1. The molecule has 0 bridgehead atoms. The van der Waals surface area contributed by atoms with Crippen molar-refractivity contribution in [3.8, 4) is 5.75 Å². The van der Waals surface area contributed by atoms with Gasteiger partial charge in [0, 0.05) is 12.6 Å². The van der Waals surface area contributed by atoms with E-state index >= 15 is 0 Å². The van der Waals surface area contributed by atoms with Crippen LogP contribution >= 0.6 is 0 Å². The van der Waals surface area contributed by atoms with E-state index in [4.69, 9.17) is 9.84 Å². The number of ether oxygens (including phenoxy) is 1. The van der Waals surface area contributed by atoms with Crippen molar-refractivity contribution in [2.45, 2.75) is 31.7 Å². The van der Waals surface area contributed by atoms with Crippen molar-refractivity contribution >= 4 is 11.9 Å². The highest BCUT2D eigenvalue weighted by atomic mass is 16.5. The quantitative estimate of drug-likeness (QED) is 0.893. The molecule has 0 radical (unpaired) electrons. The predicted octanol–water partition coefficient (Wildman–Crippen LogP) is 1.92. The summed E-state index contributed by atoms with van der Waals surface area (Å²) >= 11 is 0. The highest BCUT2D eigenvalue weighted by Crippen LogP contribution is 2.20. The Hall–Kier alpha value is -2.04. The van der Waals surface area contributed by atoms with Crippen LogP contribution in [0.25, 0.3) is 0 Å². The lowest BCUT2D eigenvalue weighted by molar-refractivity contribution is -0.142. The molecule has 0 spiro atoms. The van der Waals surface area contributed by atoms with Crippen LogP contribution in [0.2, 0.25) is 0 Å². The number of aliphatic carboxylic acids is 1. The molecule has 5 nitrogen and oxygen atoms in total. The first kappa shape index (κ1) is 14.4. The fourth-order valence-electron chi connectivity index (χ4n) is 2.49. The number of carbonyl (C=O) groups excluding carboxylic acids is 1. The van der Waals surface area contributed by atoms with Crippen molar-refractivity contribution in [3.05, 3.63) is 30.3 Å². The van der Waals surface area contributed by atoms with E-state index in [9.17, 15) is 9.59 Å². The molecule has 108 valence electrons. The number of carboxylic acid groups (broad SMARTS) is 1. The van der Waals surface area contributed by atoms with Crippen molar-refractivity contribution in [1.82, 2.24) is 4.90 Å². The molecule has 1 heterocycles. The molecule has 0 saturated carbocycles. The van der Waals surface area contributed by atoms with E-state index in [2.05, 4.69) is 0 Å². The third-order valence-electron chi connectivity index (χ3n) is 3.46. The Kier molecular flexibility index (Phi) is 4.98. The van der Waals surface area contributed by atoms with Gasteiger partial charge in [0.2, 0.25) is 0 Å². The maximum atomic E-state index is 12.2. The molecule has 20 heavy (non-hydrogen) atoms. The topological polar surface area (TPSA) is 66.8 Å². The lowest BCUT2D eigenvalue weighted by Crippen LogP contribution is -2.46. The van der Waals surface area contributed by atoms with Crippen LogP contribution in [-0.2, 0) is 9.59 Å². The van der Waals surface area contributed by atoms with E-state index in [-0.39, 0.29) is 25.0 Å². The Balaban J connectivity index is 1.90. The summed E-state index contributed by atoms with van der Waals surface area (Å²) in [7, 11) is 0. The zero-order valence-corrected chi connectivity index (χ0v) is 11.3. The molecule has 1 saturated heterocycles. The molecule has 1 aliphatic rings. The smallest absolute Gasteiger partial charge is 0.305 e. The van der Waals surface area contributed by atoms with Crippen molar-refractivity contribution < 1.29 is 19.4 Å². The van der Waals surface area contributed by atoms with Gasteiger partial charge in [-0.25, -0.2) is 0 Å². The number of para-hydroxylation sites is 1. The molecule has 0 aliphatic carbocycles. The fourth-order valence-corrected chi connectivity index (χ4v) is 2.49. The van der Waals surface area contributed by atoms with Gasteiger partial charge in [-0.05, 0) is 31.4 Å². The van der Waals surface area contributed by atoms with Crippen LogP contribution in [0.15, 0.2) is 30.3 Å². The van der Waals surface area contributed by atoms with Gasteiger partial charge in [-0.3, -0.25) is 9.59 Å². The Morgan fingerprint density at radius 2 is 2.00 bits per heavy atom. The molecule has 1 aliphatic heterocycles. The van der Waals surface area contributed by atoms with E-state index in [1.807, 2.05) is 18.2 Å². The third-order valence-corrected chi connectivity index (χ3v) is 3.46. The number of piperidine rings is 1. The molecule has 5 heteroatoms. The Morgan fingerprint density at radius 1 is 1.25 bits per heavy atom. The zero-order chi connectivity index (χ0) is 14.4. The standard InChI is InChI=1S/C15H19NO4/c17-14(11-20-13-7-2-1-3-8-13)16-9-5-4-6-12(16)10-15(18)19/h1-3,7-8,12H,4-6,9-11H2,(H,18,19). The molecule has 1 aromatic carbocycles. The van der Waals surface area contributed by atoms with Crippen molar-refractivity contribution in [2.75, 3.05) is 13.2 Å². The zero-order valence-electron chi connectivity index (χ0n) is 11.3. The number of benzene rings is 1. The van der Waals surface area contributed by atoms with Gasteiger partial charge in [0.25, 0.3) is 5.91 Å². The summed E-state index contributed by atoms with van der Waals surface area (Å²) in [4.78, 5) is 24.7. The molecular weight excluding hydrogens is 258 g/mol. The number of carbonyl (C=O) groups is 2. The Morgan fingerprint density at radius 3 is 2.70 bits per heavy atom. The summed E-state index contributed by atoms with van der Waals surface area (Å²) in [6.07, 6.45) is 2.66. The molecule has 1 amide bonds. The second-order valence-electron chi connectivity index (χ2n) is 4.94. The average molecular weight is 277 g/mol. The van der Waals surface area contributed by atoms with Gasteiger partial charge in [0.1, 0.15) is 5.75 Å². The maximum Gasteiger partial charge on any atom is 0.305 e. The van der Waals surface area contributed by atoms with E-state index < -0.39 is 5.97 Å². The number of rotatable bonds is 5. The normalized spacial score (nSPS) is 18.6. The number of nitrogens with zero attached hydrogens (tertiary/aromatic N) is 1. The van der Waals surface area contributed by atoms with Crippen LogP contribution in [0.1, 0.15) is 25.7 Å². The van der Waals surface area contributed by atoms with Gasteiger partial charge in [0.15, 0.2) is 6.61 Å². The van der Waals surface area contributed by atoms with Gasteiger partial charge >= 0.3 is 5.97 Å². The van der Waals surface area contributed by atoms with E-state index in [1.54, 1.807) is 17.0 Å². The number of hydrogen-bond acceptors (Lipinski definition) is 3. The van der Waals surface area contributed by atoms with Crippen molar-refractivity contribution in [1.29, 1.82) is 0 Å². The summed E-state index contributed by atoms with van der Waals surface area (Å²) in [5.41, 5.74) is 0. The number of carboxylic acids is 1. The van der Waals surface area contributed by atoms with Gasteiger partial charge in [-0.1, -0.05) is 18.2 Å². The van der Waals surface area contributed by atoms with Crippen LogP contribution in [0.4, 0.5) is 0 Å². The predicted molar refractivity (Wildman–Crippen MR) is 73.5 cm³/mol. The third kappa shape index (κ3) is 3.98. The first-order chi connectivity index (χ1) is 9.66. The van der Waals surface area contributed by atoms with Crippen LogP contribution in [0.3, 0.4) is 0 Å². The Bertz CT molecular complexity index is 460. The molecule has 0 aromatic heterocycles. The molecule has 1 fully saturated rings. The SMILES string of the molecule is O=C(O)CC1CCCCN1C(=O)COc1ccccc1. The van der Waals surface area contributed by atoms with Gasteiger partial charge in [0.05, 0.1) is 6.42 Å². The number of likely N-dealkylation sites (tertiary alicyclic amines) is 1. The fraction of sp³-hybridized carbons (Fsp3) is 0.467. The summed E-state index contributed by atoms with van der Waals surface area (Å²) < 4.78 is 5.44. The van der Waals surface area contributed by atoms with Crippen LogP contribution < -0.4 is 4.74 Å². The van der Waals surface area contributed by atoms with Crippen molar-refractivity contribution in [3.63, 3.8) is 0 Å². The minimum Gasteiger partial charge on any atom is -0.484 e. The second-order valence-corrected chi connectivity index (χ2v) is 4.94.